The van der Waals surface area contributed by atoms with Crippen molar-refractivity contribution in [1.29, 1.82) is 0 Å². The molecule has 2 aliphatic heterocycles. The second kappa shape index (κ2) is 11.9. The minimum Gasteiger partial charge on any atom is -0.494 e. The zero-order chi connectivity index (χ0) is 29.4. The predicted molar refractivity (Wildman–Crippen MR) is 157 cm³/mol. The van der Waals surface area contributed by atoms with Gasteiger partial charge in [0, 0.05) is 28.2 Å². The van der Waals surface area contributed by atoms with Crippen molar-refractivity contribution in [3.05, 3.63) is 70.7 Å². The Kier molecular flexibility index (Phi) is 8.71. The number of hydrogen-bond donors (Lipinski definition) is 2. The standard InChI is InChI=1S/C30H34BrF2N3O4S/c1-2-3-14-40-26-12-4-20-16-27(13-5-19(20)15-26)41(38,39)35-28(30(32,33)21-6-8-22(31)9-7-21)29(37)36-24-10-11-25(36)18-23(34)17-24/h4-9,12-13,15-16,23-25,28,35H,2-3,10-11,14,17-18,34H2,1H3/t23?,24?,25?,28-/m1/s1. The number of alkyl halides is 2. The number of fused-ring (bicyclic) bond motifs is 3. The Morgan fingerprint density at radius 1 is 1.07 bits per heavy atom. The van der Waals surface area contributed by atoms with E-state index in [0.29, 0.717) is 47.9 Å². The van der Waals surface area contributed by atoms with E-state index in [4.69, 9.17) is 10.5 Å². The average Bonchev–Trinajstić information content (AvgIpc) is 3.22. The minimum absolute atomic E-state index is 0.117. The molecule has 5 rings (SSSR count). The summed E-state index contributed by atoms with van der Waals surface area (Å²) in [7, 11) is -4.53. The fourth-order valence-electron chi connectivity index (χ4n) is 5.86. The molecule has 7 nitrogen and oxygen atoms in total. The van der Waals surface area contributed by atoms with Crippen molar-refractivity contribution >= 4 is 42.6 Å². The second-order valence-corrected chi connectivity index (χ2v) is 13.5. The van der Waals surface area contributed by atoms with Crippen molar-refractivity contribution in [2.75, 3.05) is 6.61 Å². The van der Waals surface area contributed by atoms with Crippen LogP contribution in [0.25, 0.3) is 10.8 Å². The number of ether oxygens (including phenoxy) is 1. The molecular formula is C30H34BrF2N3O4S. The summed E-state index contributed by atoms with van der Waals surface area (Å²) >= 11 is 3.24. The van der Waals surface area contributed by atoms with Gasteiger partial charge >= 0.3 is 0 Å². The molecule has 0 saturated carbocycles. The van der Waals surface area contributed by atoms with Gasteiger partial charge in [-0.25, -0.2) is 8.42 Å². The molecule has 3 aromatic rings. The van der Waals surface area contributed by atoms with Crippen molar-refractivity contribution in [3.63, 3.8) is 0 Å². The number of hydrogen-bond acceptors (Lipinski definition) is 5. The smallest absolute Gasteiger partial charge is 0.298 e. The molecule has 0 radical (unpaired) electrons. The van der Waals surface area contributed by atoms with Gasteiger partial charge < -0.3 is 15.4 Å². The van der Waals surface area contributed by atoms with E-state index in [1.165, 1.54) is 41.3 Å². The highest BCUT2D eigenvalue weighted by atomic mass is 79.9. The highest BCUT2D eigenvalue weighted by Gasteiger charge is 2.53. The lowest BCUT2D eigenvalue weighted by Gasteiger charge is -2.41. The van der Waals surface area contributed by atoms with Crippen LogP contribution in [0.1, 0.15) is 51.0 Å². The number of nitrogens with two attached hydrogens (primary N) is 1. The Hall–Kier alpha value is -2.60. The molecular weight excluding hydrogens is 616 g/mol. The van der Waals surface area contributed by atoms with Crippen LogP contribution in [0.5, 0.6) is 5.75 Å². The zero-order valence-corrected chi connectivity index (χ0v) is 25.1. The molecule has 2 fully saturated rings. The highest BCUT2D eigenvalue weighted by molar-refractivity contribution is 9.10. The van der Waals surface area contributed by atoms with E-state index >= 15 is 8.78 Å². The van der Waals surface area contributed by atoms with Crippen molar-refractivity contribution in [2.45, 2.75) is 80.4 Å². The monoisotopic (exact) mass is 649 g/mol. The van der Waals surface area contributed by atoms with Gasteiger partial charge in [0.2, 0.25) is 15.9 Å². The van der Waals surface area contributed by atoms with E-state index < -0.39 is 33.5 Å². The number of amides is 1. The number of rotatable bonds is 10. The number of unbranched alkanes of at least 4 members (excludes halogenated alkanes) is 1. The molecule has 0 spiro atoms. The van der Waals surface area contributed by atoms with Crippen LogP contribution in [0.2, 0.25) is 0 Å². The first-order valence-electron chi connectivity index (χ1n) is 13.9. The van der Waals surface area contributed by atoms with Gasteiger partial charge in [-0.1, -0.05) is 53.5 Å². The van der Waals surface area contributed by atoms with E-state index in [1.54, 1.807) is 24.3 Å². The Bertz CT molecular complexity index is 1510. The molecule has 1 amide bonds. The number of carbonyl (C=O) groups is 1. The molecule has 41 heavy (non-hydrogen) atoms. The molecule has 3 aromatic carbocycles. The minimum atomic E-state index is -4.53. The molecule has 0 aliphatic carbocycles. The average molecular weight is 651 g/mol. The summed E-state index contributed by atoms with van der Waals surface area (Å²) in [6.45, 7) is 2.64. The Morgan fingerprint density at radius 3 is 2.37 bits per heavy atom. The number of nitrogens with one attached hydrogen (secondary N) is 1. The normalized spacial score (nSPS) is 21.7. The van der Waals surface area contributed by atoms with Gasteiger partial charge in [0.15, 0.2) is 6.04 Å². The van der Waals surface area contributed by atoms with Crippen LogP contribution in [-0.4, -0.2) is 50.0 Å². The third-order valence-corrected chi connectivity index (χ3v) is 9.94. The number of carbonyl (C=O) groups excluding carboxylic acids is 1. The molecule has 3 atom stereocenters. The van der Waals surface area contributed by atoms with Gasteiger partial charge in [-0.2, -0.15) is 13.5 Å². The van der Waals surface area contributed by atoms with E-state index in [0.717, 1.165) is 18.2 Å². The summed E-state index contributed by atoms with van der Waals surface area (Å²) in [6.07, 6.45) is 4.22. The molecule has 2 bridgehead atoms. The quantitative estimate of drug-likeness (QED) is 0.274. The Morgan fingerprint density at radius 2 is 1.71 bits per heavy atom. The molecule has 2 heterocycles. The molecule has 2 saturated heterocycles. The highest BCUT2D eigenvalue weighted by Crippen LogP contribution is 2.40. The Labute approximate surface area is 247 Å². The van der Waals surface area contributed by atoms with Crippen LogP contribution in [-0.2, 0) is 20.7 Å². The first-order valence-corrected chi connectivity index (χ1v) is 16.2. The van der Waals surface area contributed by atoms with E-state index in [9.17, 15) is 13.2 Å². The van der Waals surface area contributed by atoms with Gasteiger partial charge in [0.25, 0.3) is 5.92 Å². The van der Waals surface area contributed by atoms with Gasteiger partial charge in [0.1, 0.15) is 5.75 Å². The van der Waals surface area contributed by atoms with Crippen molar-refractivity contribution < 1.29 is 26.7 Å². The molecule has 2 unspecified atom stereocenters. The van der Waals surface area contributed by atoms with Gasteiger partial charge in [0.05, 0.1) is 11.5 Å². The third-order valence-electron chi connectivity index (χ3n) is 8.00. The SMILES string of the molecule is CCCCOc1ccc2cc(S(=O)(=O)N[C@H](C(=O)N3C4CCC3CC(N)C4)C(F)(F)c3ccc(Br)cc3)ccc2c1. The van der Waals surface area contributed by atoms with E-state index in [-0.39, 0.29) is 23.0 Å². The molecule has 11 heteroatoms. The maximum Gasteiger partial charge on any atom is 0.298 e. The van der Waals surface area contributed by atoms with Crippen LogP contribution in [0, 0.1) is 0 Å². The molecule has 3 N–H and O–H groups in total. The summed E-state index contributed by atoms with van der Waals surface area (Å²) in [6, 6.07) is 11.9. The van der Waals surface area contributed by atoms with Crippen LogP contribution in [0.4, 0.5) is 8.78 Å². The Balaban J connectivity index is 1.47. The van der Waals surface area contributed by atoms with Crippen LogP contribution >= 0.6 is 15.9 Å². The van der Waals surface area contributed by atoms with Gasteiger partial charge in [-0.15, -0.1) is 0 Å². The molecule has 220 valence electrons. The summed E-state index contributed by atoms with van der Waals surface area (Å²) in [5.74, 6) is -4.10. The fourth-order valence-corrected chi connectivity index (χ4v) is 7.35. The number of nitrogens with zero attached hydrogens (tertiary/aromatic N) is 1. The van der Waals surface area contributed by atoms with Crippen molar-refractivity contribution in [1.82, 2.24) is 9.62 Å². The number of benzene rings is 3. The van der Waals surface area contributed by atoms with Crippen LogP contribution < -0.4 is 15.2 Å². The zero-order valence-electron chi connectivity index (χ0n) is 22.7. The lowest BCUT2D eigenvalue weighted by molar-refractivity contribution is -0.149. The van der Waals surface area contributed by atoms with Gasteiger partial charge in [-0.05, 0) is 79.3 Å². The first kappa shape index (κ1) is 29.9. The second-order valence-electron chi connectivity index (χ2n) is 10.9. The summed E-state index contributed by atoms with van der Waals surface area (Å²) in [5.41, 5.74) is 5.68. The van der Waals surface area contributed by atoms with Crippen molar-refractivity contribution in [3.8, 4) is 5.75 Å². The lowest BCUT2D eigenvalue weighted by Crippen LogP contribution is -2.60. The van der Waals surface area contributed by atoms with E-state index in [2.05, 4.69) is 27.6 Å². The van der Waals surface area contributed by atoms with E-state index in [1.807, 2.05) is 0 Å². The third kappa shape index (κ3) is 6.28. The maximum absolute atomic E-state index is 16.2. The lowest BCUT2D eigenvalue weighted by atomic mass is 9.95. The summed E-state index contributed by atoms with van der Waals surface area (Å²) in [5, 5.41) is 1.34. The maximum atomic E-state index is 16.2. The number of halogens is 3. The van der Waals surface area contributed by atoms with Crippen LogP contribution in [0.15, 0.2) is 70.0 Å². The topological polar surface area (TPSA) is 102 Å². The van der Waals surface area contributed by atoms with Crippen molar-refractivity contribution in [2.24, 2.45) is 5.73 Å². The molecule has 2 aliphatic rings. The number of sulfonamides is 1. The summed E-state index contributed by atoms with van der Waals surface area (Å²) in [4.78, 5) is 15.1. The predicted octanol–water partition coefficient (Wildman–Crippen LogP) is 5.70. The largest absolute Gasteiger partial charge is 0.494 e. The first-order chi connectivity index (χ1) is 19.5. The molecule has 0 aromatic heterocycles. The van der Waals surface area contributed by atoms with Gasteiger partial charge in [-0.3, -0.25) is 4.79 Å². The summed E-state index contributed by atoms with van der Waals surface area (Å²) < 4.78 is 68.0. The number of piperidine rings is 1. The van der Waals surface area contributed by atoms with Crippen LogP contribution in [0.3, 0.4) is 0 Å². The fraction of sp³-hybridized carbons (Fsp3) is 0.433.